The minimum atomic E-state index is -0.541. The van der Waals surface area contributed by atoms with Crippen molar-refractivity contribution in [1.29, 1.82) is 0 Å². The van der Waals surface area contributed by atoms with Crippen LogP contribution in [0.15, 0.2) is 48.6 Å². The Bertz CT molecular complexity index is 997. The van der Waals surface area contributed by atoms with Crippen LogP contribution < -0.4 is 0 Å². The Kier molecular flexibility index (Phi) is 49.4. The number of hydrogen-bond donors (Lipinski definition) is 0. The highest BCUT2D eigenvalue weighted by molar-refractivity contribution is 5.70. The van der Waals surface area contributed by atoms with Gasteiger partial charge in [0.15, 0.2) is 6.10 Å². The van der Waals surface area contributed by atoms with Gasteiger partial charge in [0.05, 0.1) is 6.61 Å². The van der Waals surface area contributed by atoms with Gasteiger partial charge in [-0.3, -0.25) is 9.59 Å². The molecule has 0 saturated heterocycles. The third-order valence-corrected chi connectivity index (χ3v) is 11.4. The molecule has 0 aliphatic carbocycles. The average molecular weight is 841 g/mol. The van der Waals surface area contributed by atoms with Gasteiger partial charge in [-0.15, -0.1) is 0 Å². The molecule has 0 aliphatic rings. The number of rotatable bonds is 48. The molecule has 350 valence electrons. The SMILES string of the molecule is CC/C=C\C/C=C\C/C=C\C/C=C\CCCCCCC(=O)OCC(COCCCCCCCCCCCCCCCC)OC(=O)CCCCCCCCCCCCCCC. The van der Waals surface area contributed by atoms with Crippen LogP contribution in [-0.2, 0) is 23.8 Å². The highest BCUT2D eigenvalue weighted by atomic mass is 16.6. The smallest absolute Gasteiger partial charge is 0.306 e. The number of carbonyl (C=O) groups excluding carboxylic acids is 2. The van der Waals surface area contributed by atoms with Gasteiger partial charge < -0.3 is 14.2 Å². The second-order valence-corrected chi connectivity index (χ2v) is 17.4. The molecule has 60 heavy (non-hydrogen) atoms. The summed E-state index contributed by atoms with van der Waals surface area (Å²) in [6.45, 7) is 7.73. The third kappa shape index (κ3) is 48.5. The van der Waals surface area contributed by atoms with E-state index >= 15 is 0 Å². The van der Waals surface area contributed by atoms with Crippen LogP contribution in [0.5, 0.6) is 0 Å². The molecule has 0 saturated carbocycles. The first-order valence-corrected chi connectivity index (χ1v) is 26.2. The Labute approximate surface area is 373 Å². The number of esters is 2. The van der Waals surface area contributed by atoms with E-state index in [1.54, 1.807) is 0 Å². The van der Waals surface area contributed by atoms with Gasteiger partial charge in [-0.1, -0.05) is 243 Å². The Morgan fingerprint density at radius 2 is 0.750 bits per heavy atom. The molecule has 5 heteroatoms. The van der Waals surface area contributed by atoms with Crippen LogP contribution in [0.3, 0.4) is 0 Å². The normalized spacial score (nSPS) is 12.5. The van der Waals surface area contributed by atoms with Gasteiger partial charge in [-0.05, 0) is 57.8 Å². The molecule has 0 aromatic heterocycles. The van der Waals surface area contributed by atoms with Crippen LogP contribution in [0.4, 0.5) is 0 Å². The van der Waals surface area contributed by atoms with E-state index in [-0.39, 0.29) is 25.2 Å². The van der Waals surface area contributed by atoms with Crippen molar-refractivity contribution in [3.05, 3.63) is 48.6 Å². The maximum Gasteiger partial charge on any atom is 0.306 e. The molecule has 0 amide bonds. The average Bonchev–Trinajstić information content (AvgIpc) is 3.25. The number of carbonyl (C=O) groups is 2. The van der Waals surface area contributed by atoms with Crippen LogP contribution in [0.25, 0.3) is 0 Å². The highest BCUT2D eigenvalue weighted by Crippen LogP contribution is 2.15. The van der Waals surface area contributed by atoms with Crippen molar-refractivity contribution in [2.75, 3.05) is 19.8 Å². The lowest BCUT2D eigenvalue weighted by molar-refractivity contribution is -0.163. The predicted octanol–water partition coefficient (Wildman–Crippen LogP) is 17.6. The van der Waals surface area contributed by atoms with Crippen molar-refractivity contribution in [2.45, 2.75) is 271 Å². The monoisotopic (exact) mass is 841 g/mol. The van der Waals surface area contributed by atoms with Crippen molar-refractivity contribution in [1.82, 2.24) is 0 Å². The lowest BCUT2D eigenvalue weighted by atomic mass is 10.0. The van der Waals surface area contributed by atoms with Gasteiger partial charge in [-0.25, -0.2) is 0 Å². The molecule has 0 aliphatic heterocycles. The molecule has 0 rings (SSSR count). The van der Waals surface area contributed by atoms with Gasteiger partial charge in [0, 0.05) is 19.4 Å². The van der Waals surface area contributed by atoms with Crippen molar-refractivity contribution >= 4 is 11.9 Å². The summed E-state index contributed by atoms with van der Waals surface area (Å²) in [5, 5.41) is 0. The summed E-state index contributed by atoms with van der Waals surface area (Å²) in [5.41, 5.74) is 0. The second-order valence-electron chi connectivity index (χ2n) is 17.4. The number of allylic oxidation sites excluding steroid dienone is 8. The van der Waals surface area contributed by atoms with Crippen molar-refractivity contribution in [3.8, 4) is 0 Å². The van der Waals surface area contributed by atoms with Gasteiger partial charge in [0.2, 0.25) is 0 Å². The summed E-state index contributed by atoms with van der Waals surface area (Å²) in [6, 6.07) is 0. The molecule has 0 radical (unpaired) electrons. The zero-order chi connectivity index (χ0) is 43.5. The molecule has 0 N–H and O–H groups in total. The maximum atomic E-state index is 12.8. The van der Waals surface area contributed by atoms with Crippen LogP contribution in [0.1, 0.15) is 265 Å². The molecule has 1 unspecified atom stereocenters. The topological polar surface area (TPSA) is 61.8 Å². The fourth-order valence-electron chi connectivity index (χ4n) is 7.50. The summed E-state index contributed by atoms with van der Waals surface area (Å²) in [6.07, 6.45) is 62.6. The van der Waals surface area contributed by atoms with Gasteiger partial charge >= 0.3 is 11.9 Å². The third-order valence-electron chi connectivity index (χ3n) is 11.4. The van der Waals surface area contributed by atoms with Crippen LogP contribution in [0, 0.1) is 0 Å². The zero-order valence-electron chi connectivity index (χ0n) is 40.2. The van der Waals surface area contributed by atoms with E-state index in [4.69, 9.17) is 14.2 Å². The number of ether oxygens (including phenoxy) is 3. The molecular weight excluding hydrogens is 741 g/mol. The summed E-state index contributed by atoms with van der Waals surface area (Å²) >= 11 is 0. The molecule has 0 bridgehead atoms. The Hall–Kier alpha value is -2.14. The van der Waals surface area contributed by atoms with E-state index in [9.17, 15) is 9.59 Å². The predicted molar refractivity (Wildman–Crippen MR) is 261 cm³/mol. The molecule has 0 aromatic carbocycles. The maximum absolute atomic E-state index is 12.8. The minimum Gasteiger partial charge on any atom is -0.462 e. The van der Waals surface area contributed by atoms with Crippen molar-refractivity contribution < 1.29 is 23.8 Å². The fraction of sp³-hybridized carbons (Fsp3) is 0.818. The van der Waals surface area contributed by atoms with E-state index < -0.39 is 6.10 Å². The first-order valence-electron chi connectivity index (χ1n) is 26.2. The molecule has 1 atom stereocenters. The zero-order valence-corrected chi connectivity index (χ0v) is 40.2. The number of hydrogen-bond acceptors (Lipinski definition) is 5. The Morgan fingerprint density at radius 3 is 1.20 bits per heavy atom. The van der Waals surface area contributed by atoms with Crippen LogP contribution >= 0.6 is 0 Å². The molecule has 0 aromatic rings. The fourth-order valence-corrected chi connectivity index (χ4v) is 7.50. The first-order chi connectivity index (χ1) is 29.6. The summed E-state index contributed by atoms with van der Waals surface area (Å²) in [7, 11) is 0. The summed E-state index contributed by atoms with van der Waals surface area (Å²) in [4.78, 5) is 25.4. The van der Waals surface area contributed by atoms with Crippen LogP contribution in [0.2, 0.25) is 0 Å². The second kappa shape index (κ2) is 51.2. The van der Waals surface area contributed by atoms with E-state index in [1.165, 1.54) is 154 Å². The quantitative estimate of drug-likeness (QED) is 0.0347. The molecule has 0 heterocycles. The van der Waals surface area contributed by atoms with E-state index in [0.29, 0.717) is 19.4 Å². The van der Waals surface area contributed by atoms with Crippen molar-refractivity contribution in [2.24, 2.45) is 0 Å². The first kappa shape index (κ1) is 57.9. The van der Waals surface area contributed by atoms with Gasteiger partial charge in [0.25, 0.3) is 0 Å². The lowest BCUT2D eigenvalue weighted by Gasteiger charge is -2.18. The van der Waals surface area contributed by atoms with Crippen LogP contribution in [-0.4, -0.2) is 37.9 Å². The van der Waals surface area contributed by atoms with E-state index in [2.05, 4.69) is 69.4 Å². The van der Waals surface area contributed by atoms with Crippen molar-refractivity contribution in [3.63, 3.8) is 0 Å². The largest absolute Gasteiger partial charge is 0.462 e. The standard InChI is InChI=1S/C55H100O5/c1-4-7-10-13-16-19-22-25-27-28-29-31-33-36-39-42-45-48-54(56)59-52-53(51-58-50-47-44-41-38-35-32-26-23-20-17-14-11-8-5-2)60-55(57)49-46-43-40-37-34-30-24-21-18-15-12-9-6-3/h7,10,16,19,25,27,29,31,53H,4-6,8-9,11-15,17-18,20-24,26,28,30,32-52H2,1-3H3/b10-7-,19-16-,27-25-,31-29-. The number of unbranched alkanes of at least 4 members (excludes halogenated alkanes) is 29. The molecule has 0 spiro atoms. The highest BCUT2D eigenvalue weighted by Gasteiger charge is 2.17. The Balaban J connectivity index is 4.27. The van der Waals surface area contributed by atoms with Gasteiger partial charge in [0.1, 0.15) is 6.61 Å². The lowest BCUT2D eigenvalue weighted by Crippen LogP contribution is -2.30. The molecular formula is C55H100O5. The Morgan fingerprint density at radius 1 is 0.383 bits per heavy atom. The van der Waals surface area contributed by atoms with E-state index in [1.807, 2.05) is 0 Å². The van der Waals surface area contributed by atoms with Gasteiger partial charge in [-0.2, -0.15) is 0 Å². The summed E-state index contributed by atoms with van der Waals surface area (Å²) in [5.74, 6) is -0.411. The summed E-state index contributed by atoms with van der Waals surface area (Å²) < 4.78 is 17.4. The molecule has 5 nitrogen and oxygen atoms in total. The minimum absolute atomic E-state index is 0.0771. The molecule has 0 fully saturated rings. The van der Waals surface area contributed by atoms with E-state index in [0.717, 1.165) is 77.0 Å².